The molecule has 0 aliphatic heterocycles. The van der Waals surface area contributed by atoms with Crippen LogP contribution >= 0.6 is 0 Å². The number of anilines is 1. The Kier molecular flexibility index (Phi) is 7.99. The number of hydrogen-bond acceptors (Lipinski definition) is 5. The second-order valence-electron chi connectivity index (χ2n) is 7.19. The van der Waals surface area contributed by atoms with Gasteiger partial charge in [0, 0.05) is 12.0 Å². The first kappa shape index (κ1) is 22.6. The summed E-state index contributed by atoms with van der Waals surface area (Å²) < 4.78 is 11.5. The molecule has 0 fully saturated rings. The summed E-state index contributed by atoms with van der Waals surface area (Å²) >= 11 is 0. The highest BCUT2D eigenvalue weighted by Gasteiger charge is 2.12. The number of rotatable bonds is 10. The number of hydrogen-bond donors (Lipinski definition) is 1. The van der Waals surface area contributed by atoms with Crippen LogP contribution in [0.2, 0.25) is 0 Å². The van der Waals surface area contributed by atoms with E-state index in [4.69, 9.17) is 9.47 Å². The van der Waals surface area contributed by atoms with Crippen molar-refractivity contribution >= 4 is 17.4 Å². The highest BCUT2D eigenvalue weighted by atomic mass is 16.5. The van der Waals surface area contributed by atoms with E-state index < -0.39 is 0 Å². The van der Waals surface area contributed by atoms with Gasteiger partial charge in [-0.05, 0) is 68.3 Å². The van der Waals surface area contributed by atoms with Gasteiger partial charge in [-0.25, -0.2) is 0 Å². The third kappa shape index (κ3) is 6.44. The van der Waals surface area contributed by atoms with Gasteiger partial charge in [-0.2, -0.15) is 5.26 Å². The fourth-order valence-corrected chi connectivity index (χ4v) is 2.99. The van der Waals surface area contributed by atoms with Gasteiger partial charge in [0.25, 0.3) is 5.91 Å². The summed E-state index contributed by atoms with van der Waals surface area (Å²) in [5.41, 5.74) is 1.38. The lowest BCUT2D eigenvalue weighted by molar-refractivity contribution is -0.117. The number of carbonyl (C=O) groups excluding carboxylic acids is 2. The number of nitrogens with one attached hydrogen (secondary N) is 1. The average molecular weight is 428 g/mol. The molecule has 0 saturated heterocycles. The molecule has 0 unspecified atom stereocenters. The maximum atomic E-state index is 12.7. The first-order valence-electron chi connectivity index (χ1n) is 10.4. The van der Waals surface area contributed by atoms with Gasteiger partial charge in [0.15, 0.2) is 5.75 Å². The van der Waals surface area contributed by atoms with Crippen LogP contribution < -0.4 is 14.8 Å². The van der Waals surface area contributed by atoms with E-state index in [1.165, 1.54) is 0 Å². The highest BCUT2D eigenvalue weighted by Crippen LogP contribution is 2.31. The Hall–Kier alpha value is -4.11. The molecule has 162 valence electrons. The Labute approximate surface area is 187 Å². The molecule has 3 aromatic rings. The highest BCUT2D eigenvalue weighted by molar-refractivity contribution is 6.05. The Balaban J connectivity index is 1.61. The first-order chi connectivity index (χ1) is 15.6. The topological polar surface area (TPSA) is 88.4 Å². The number of Topliss-reactive ketones (excluding diaryl/α,β-unsaturated/α-hetero) is 1. The maximum absolute atomic E-state index is 12.7. The van der Waals surface area contributed by atoms with Crippen molar-refractivity contribution in [2.45, 2.75) is 26.2 Å². The van der Waals surface area contributed by atoms with Gasteiger partial charge in [0.2, 0.25) is 0 Å². The smallest absolute Gasteiger partial charge is 0.255 e. The van der Waals surface area contributed by atoms with E-state index in [-0.39, 0.29) is 11.7 Å². The lowest BCUT2D eigenvalue weighted by atomic mass is 10.2. The van der Waals surface area contributed by atoms with Gasteiger partial charge in [-0.1, -0.05) is 24.3 Å². The number of para-hydroxylation sites is 3. The Bertz CT molecular complexity index is 1120. The van der Waals surface area contributed by atoms with Gasteiger partial charge in [-0.3, -0.25) is 4.79 Å². The third-order valence-corrected chi connectivity index (χ3v) is 4.67. The maximum Gasteiger partial charge on any atom is 0.255 e. The van der Waals surface area contributed by atoms with E-state index >= 15 is 0 Å². The van der Waals surface area contributed by atoms with Crippen molar-refractivity contribution < 1.29 is 19.1 Å². The van der Waals surface area contributed by atoms with Crippen LogP contribution in [-0.4, -0.2) is 18.3 Å². The van der Waals surface area contributed by atoms with Crippen molar-refractivity contribution in [1.82, 2.24) is 0 Å². The summed E-state index contributed by atoms with van der Waals surface area (Å²) in [7, 11) is 0. The standard InChI is InChI=1S/C26H24N2O4/c1-19(29)8-6-7-17-31-22-15-13-20(14-16-22)26(30)28-23-10-3-5-12-25(23)32-24-11-4-2-9-21(24)18-27/h2-5,9-16H,6-8,17H2,1H3,(H,28,30). The van der Waals surface area contributed by atoms with Crippen LogP contribution in [0.5, 0.6) is 17.2 Å². The largest absolute Gasteiger partial charge is 0.494 e. The van der Waals surface area contributed by atoms with Crippen LogP contribution in [0.4, 0.5) is 5.69 Å². The quantitative estimate of drug-likeness (QED) is 0.416. The predicted octanol–water partition coefficient (Wildman–Crippen LogP) is 5.74. The Morgan fingerprint density at radius 2 is 1.59 bits per heavy atom. The molecule has 0 bridgehead atoms. The van der Waals surface area contributed by atoms with E-state index in [0.29, 0.717) is 47.1 Å². The van der Waals surface area contributed by atoms with Crippen LogP contribution in [0.1, 0.15) is 42.1 Å². The SMILES string of the molecule is CC(=O)CCCCOc1ccc(C(=O)Nc2ccccc2Oc2ccccc2C#N)cc1. The minimum atomic E-state index is -0.289. The van der Waals surface area contributed by atoms with Gasteiger partial charge < -0.3 is 19.6 Å². The van der Waals surface area contributed by atoms with Crippen LogP contribution in [0.25, 0.3) is 0 Å². The van der Waals surface area contributed by atoms with Crippen LogP contribution in [0.15, 0.2) is 72.8 Å². The second kappa shape index (κ2) is 11.3. The minimum absolute atomic E-state index is 0.182. The lowest BCUT2D eigenvalue weighted by Gasteiger charge is -2.13. The first-order valence-corrected chi connectivity index (χ1v) is 10.4. The zero-order valence-corrected chi connectivity index (χ0v) is 17.8. The molecule has 0 aromatic heterocycles. The Morgan fingerprint density at radius 3 is 2.31 bits per heavy atom. The van der Waals surface area contributed by atoms with Gasteiger partial charge in [-0.15, -0.1) is 0 Å². The van der Waals surface area contributed by atoms with Crippen LogP contribution in [0.3, 0.4) is 0 Å². The molecule has 3 aromatic carbocycles. The van der Waals surface area contributed by atoms with E-state index in [0.717, 1.165) is 12.8 Å². The van der Waals surface area contributed by atoms with Crippen LogP contribution in [0, 0.1) is 11.3 Å². The molecule has 0 spiro atoms. The van der Waals surface area contributed by atoms with Crippen molar-refractivity contribution in [3.8, 4) is 23.3 Å². The molecule has 3 rings (SSSR count). The van der Waals surface area contributed by atoms with Crippen molar-refractivity contribution in [3.63, 3.8) is 0 Å². The normalized spacial score (nSPS) is 10.1. The van der Waals surface area contributed by atoms with Gasteiger partial charge in [0.05, 0.1) is 17.9 Å². The average Bonchev–Trinajstić information content (AvgIpc) is 2.80. The summed E-state index contributed by atoms with van der Waals surface area (Å²) in [4.78, 5) is 23.7. The number of ether oxygens (including phenoxy) is 2. The number of nitriles is 1. The minimum Gasteiger partial charge on any atom is -0.494 e. The molecule has 1 amide bonds. The van der Waals surface area contributed by atoms with Crippen molar-refractivity contribution in [2.75, 3.05) is 11.9 Å². The molecule has 0 heterocycles. The number of nitrogens with zero attached hydrogens (tertiary/aromatic N) is 1. The molecule has 0 aliphatic carbocycles. The Morgan fingerprint density at radius 1 is 0.906 bits per heavy atom. The molecule has 0 aliphatic rings. The zero-order chi connectivity index (χ0) is 22.8. The van der Waals surface area contributed by atoms with Gasteiger partial charge in [0.1, 0.15) is 23.4 Å². The molecular weight excluding hydrogens is 404 g/mol. The van der Waals surface area contributed by atoms with Crippen molar-refractivity contribution in [1.29, 1.82) is 5.26 Å². The predicted molar refractivity (Wildman–Crippen MR) is 122 cm³/mol. The molecule has 0 radical (unpaired) electrons. The molecule has 0 atom stereocenters. The van der Waals surface area contributed by atoms with E-state index in [2.05, 4.69) is 11.4 Å². The fourth-order valence-electron chi connectivity index (χ4n) is 2.99. The van der Waals surface area contributed by atoms with E-state index in [1.807, 2.05) is 0 Å². The summed E-state index contributed by atoms with van der Waals surface area (Å²) in [6, 6.07) is 22.9. The van der Waals surface area contributed by atoms with Crippen molar-refractivity contribution in [2.24, 2.45) is 0 Å². The zero-order valence-electron chi connectivity index (χ0n) is 17.8. The summed E-state index contributed by atoms with van der Waals surface area (Å²) in [6.07, 6.45) is 2.17. The van der Waals surface area contributed by atoms with E-state index in [1.54, 1.807) is 79.7 Å². The second-order valence-corrected chi connectivity index (χ2v) is 7.19. The van der Waals surface area contributed by atoms with Crippen molar-refractivity contribution in [3.05, 3.63) is 83.9 Å². The van der Waals surface area contributed by atoms with E-state index in [9.17, 15) is 14.9 Å². The molecule has 6 nitrogen and oxygen atoms in total. The summed E-state index contributed by atoms with van der Waals surface area (Å²) in [5.74, 6) is 1.42. The molecule has 6 heteroatoms. The van der Waals surface area contributed by atoms with Gasteiger partial charge >= 0.3 is 0 Å². The fraction of sp³-hybridized carbons (Fsp3) is 0.192. The number of carbonyl (C=O) groups is 2. The lowest BCUT2D eigenvalue weighted by Crippen LogP contribution is -2.12. The summed E-state index contributed by atoms with van der Waals surface area (Å²) in [6.45, 7) is 2.11. The number of unbranched alkanes of at least 4 members (excludes halogenated alkanes) is 1. The monoisotopic (exact) mass is 428 g/mol. The molecule has 32 heavy (non-hydrogen) atoms. The molecule has 1 N–H and O–H groups in total. The number of benzene rings is 3. The third-order valence-electron chi connectivity index (χ3n) is 4.67. The summed E-state index contributed by atoms with van der Waals surface area (Å²) in [5, 5.41) is 12.1. The molecular formula is C26H24N2O4. The van der Waals surface area contributed by atoms with Crippen LogP contribution in [-0.2, 0) is 4.79 Å². The number of amides is 1. The number of ketones is 1. The molecule has 0 saturated carbocycles.